The summed E-state index contributed by atoms with van der Waals surface area (Å²) in [7, 11) is 0. The highest BCUT2D eigenvalue weighted by Crippen LogP contribution is 2.14. The number of rotatable bonds is 4. The number of aliphatic imine (C=N–C) groups is 1. The number of nitrogens with zero attached hydrogens (tertiary/aromatic N) is 3. The maximum absolute atomic E-state index is 12.4. The predicted molar refractivity (Wildman–Crippen MR) is 116 cm³/mol. The standard InChI is InChI=1S/C21H21ClN6O/c1-14-11-15(2)25-20(24-14)27-19(23-13-16-7-4-3-5-8-16)28-21(29)26-18-10-6-9-17(22)12-18/h3-12H,13H2,1-2H3,(H3,23,24,25,26,27,28,29). The van der Waals surface area contributed by atoms with Crippen molar-refractivity contribution >= 4 is 35.2 Å². The molecule has 0 spiro atoms. The van der Waals surface area contributed by atoms with Gasteiger partial charge >= 0.3 is 6.03 Å². The van der Waals surface area contributed by atoms with Crippen LogP contribution in [-0.4, -0.2) is 22.0 Å². The first-order chi connectivity index (χ1) is 14.0. The van der Waals surface area contributed by atoms with Gasteiger partial charge in [0, 0.05) is 22.1 Å². The van der Waals surface area contributed by atoms with Crippen LogP contribution in [0.2, 0.25) is 5.02 Å². The number of urea groups is 1. The normalized spacial score (nSPS) is 11.1. The van der Waals surface area contributed by atoms with E-state index in [1.807, 2.05) is 50.2 Å². The van der Waals surface area contributed by atoms with Crippen molar-refractivity contribution in [1.82, 2.24) is 15.3 Å². The fraction of sp³-hybridized carbons (Fsp3) is 0.143. The van der Waals surface area contributed by atoms with Crippen LogP contribution >= 0.6 is 11.6 Å². The number of halogens is 1. The number of amides is 2. The second-order valence-corrected chi connectivity index (χ2v) is 6.78. The molecule has 2 aromatic carbocycles. The number of guanidine groups is 1. The molecule has 2 amide bonds. The van der Waals surface area contributed by atoms with Crippen molar-refractivity contribution in [2.45, 2.75) is 20.4 Å². The van der Waals surface area contributed by atoms with Gasteiger partial charge in [-0.1, -0.05) is 48.0 Å². The van der Waals surface area contributed by atoms with Gasteiger partial charge < -0.3 is 5.32 Å². The highest BCUT2D eigenvalue weighted by Gasteiger charge is 2.09. The monoisotopic (exact) mass is 408 g/mol. The summed E-state index contributed by atoms with van der Waals surface area (Å²) in [6, 6.07) is 18.0. The van der Waals surface area contributed by atoms with Crippen LogP contribution in [0.3, 0.4) is 0 Å². The summed E-state index contributed by atoms with van der Waals surface area (Å²) in [5, 5.41) is 8.95. The molecular formula is C21H21ClN6O. The number of aryl methyl sites for hydroxylation is 2. The number of nitrogens with one attached hydrogen (secondary N) is 3. The zero-order valence-electron chi connectivity index (χ0n) is 16.1. The van der Waals surface area contributed by atoms with Gasteiger partial charge in [-0.3, -0.25) is 10.6 Å². The van der Waals surface area contributed by atoms with E-state index < -0.39 is 6.03 Å². The Bertz CT molecular complexity index is 1000. The molecule has 7 nitrogen and oxygen atoms in total. The lowest BCUT2D eigenvalue weighted by Gasteiger charge is -2.12. The van der Waals surface area contributed by atoms with Crippen LogP contribution in [0.25, 0.3) is 0 Å². The van der Waals surface area contributed by atoms with Crippen LogP contribution < -0.4 is 16.0 Å². The minimum absolute atomic E-state index is 0.235. The van der Waals surface area contributed by atoms with Crippen molar-refractivity contribution in [1.29, 1.82) is 0 Å². The largest absolute Gasteiger partial charge is 0.326 e. The number of hydrogen-bond acceptors (Lipinski definition) is 4. The molecule has 0 fully saturated rings. The molecule has 0 aliphatic heterocycles. The van der Waals surface area contributed by atoms with Crippen LogP contribution in [0.1, 0.15) is 17.0 Å². The van der Waals surface area contributed by atoms with Crippen LogP contribution in [0.5, 0.6) is 0 Å². The summed E-state index contributed by atoms with van der Waals surface area (Å²) >= 11 is 5.96. The predicted octanol–water partition coefficient (Wildman–Crippen LogP) is 4.54. The second kappa shape index (κ2) is 9.66. The Balaban J connectivity index is 1.76. The molecule has 0 saturated carbocycles. The van der Waals surface area contributed by atoms with Crippen LogP contribution in [-0.2, 0) is 6.54 Å². The van der Waals surface area contributed by atoms with Gasteiger partial charge in [0.2, 0.25) is 11.9 Å². The smallest absolute Gasteiger partial charge is 0.308 e. The highest BCUT2D eigenvalue weighted by molar-refractivity contribution is 6.30. The van der Waals surface area contributed by atoms with Gasteiger partial charge in [0.05, 0.1) is 6.54 Å². The summed E-state index contributed by atoms with van der Waals surface area (Å²) in [6.45, 7) is 4.13. The number of carbonyl (C=O) groups is 1. The van der Waals surface area contributed by atoms with Crippen molar-refractivity contribution in [3.8, 4) is 0 Å². The Morgan fingerprint density at radius 2 is 1.69 bits per heavy atom. The minimum atomic E-state index is -0.462. The summed E-state index contributed by atoms with van der Waals surface area (Å²) in [5.74, 6) is 0.593. The number of benzene rings is 2. The van der Waals surface area contributed by atoms with E-state index in [-0.39, 0.29) is 5.96 Å². The van der Waals surface area contributed by atoms with Gasteiger partial charge in [0.25, 0.3) is 0 Å². The average molecular weight is 409 g/mol. The van der Waals surface area contributed by atoms with Crippen molar-refractivity contribution in [2.75, 3.05) is 10.6 Å². The van der Waals surface area contributed by atoms with E-state index in [9.17, 15) is 4.79 Å². The minimum Gasteiger partial charge on any atom is -0.308 e. The molecule has 0 saturated heterocycles. The Labute approximate surface area is 174 Å². The fourth-order valence-corrected chi connectivity index (χ4v) is 2.78. The van der Waals surface area contributed by atoms with Gasteiger partial charge in [-0.25, -0.2) is 19.8 Å². The molecule has 1 aromatic heterocycles. The molecule has 148 valence electrons. The second-order valence-electron chi connectivity index (χ2n) is 6.34. The molecule has 3 N–H and O–H groups in total. The molecule has 0 aliphatic carbocycles. The fourth-order valence-electron chi connectivity index (χ4n) is 2.59. The maximum Gasteiger partial charge on any atom is 0.326 e. The molecule has 0 aliphatic rings. The van der Waals surface area contributed by atoms with E-state index >= 15 is 0 Å². The Morgan fingerprint density at radius 3 is 2.38 bits per heavy atom. The number of aromatic nitrogens is 2. The molecule has 3 aromatic rings. The first-order valence-corrected chi connectivity index (χ1v) is 9.37. The summed E-state index contributed by atoms with van der Waals surface area (Å²) in [5.41, 5.74) is 3.20. The third kappa shape index (κ3) is 6.58. The van der Waals surface area contributed by atoms with Crippen molar-refractivity contribution in [3.63, 3.8) is 0 Å². The lowest BCUT2D eigenvalue weighted by molar-refractivity contribution is 0.256. The average Bonchev–Trinajstić information content (AvgIpc) is 2.66. The van der Waals surface area contributed by atoms with Crippen LogP contribution in [0.15, 0.2) is 65.7 Å². The highest BCUT2D eigenvalue weighted by atomic mass is 35.5. The maximum atomic E-state index is 12.4. The molecule has 1 heterocycles. The molecule has 0 radical (unpaired) electrons. The van der Waals surface area contributed by atoms with Gasteiger partial charge in [0.1, 0.15) is 0 Å². The number of anilines is 2. The summed E-state index contributed by atoms with van der Waals surface area (Å²) in [4.78, 5) is 25.6. The van der Waals surface area contributed by atoms with Crippen molar-refractivity contribution < 1.29 is 4.79 Å². The third-order valence-electron chi connectivity index (χ3n) is 3.79. The zero-order valence-corrected chi connectivity index (χ0v) is 16.9. The first-order valence-electron chi connectivity index (χ1n) is 8.99. The van der Waals surface area contributed by atoms with Gasteiger partial charge in [-0.05, 0) is 43.7 Å². The van der Waals surface area contributed by atoms with Crippen LogP contribution in [0, 0.1) is 13.8 Å². The number of carbonyl (C=O) groups excluding carboxylic acids is 1. The lowest BCUT2D eigenvalue weighted by atomic mass is 10.2. The Kier molecular flexibility index (Phi) is 6.76. The SMILES string of the molecule is Cc1cc(C)nc(NC(=NCc2ccccc2)NC(=O)Nc2cccc(Cl)c2)n1. The first kappa shape index (κ1) is 20.3. The van der Waals surface area contributed by atoms with Crippen molar-refractivity contribution in [2.24, 2.45) is 4.99 Å². The molecule has 0 atom stereocenters. The third-order valence-corrected chi connectivity index (χ3v) is 4.02. The lowest BCUT2D eigenvalue weighted by Crippen LogP contribution is -2.39. The zero-order chi connectivity index (χ0) is 20.6. The van der Waals surface area contributed by atoms with E-state index in [0.717, 1.165) is 17.0 Å². The molecule has 3 rings (SSSR count). The number of hydrogen-bond donors (Lipinski definition) is 3. The molecule has 0 bridgehead atoms. The van der Waals surface area contributed by atoms with Crippen molar-refractivity contribution in [3.05, 3.63) is 82.6 Å². The molecule has 0 unspecified atom stereocenters. The summed E-state index contributed by atoms with van der Waals surface area (Å²) in [6.07, 6.45) is 0. The van der Waals surface area contributed by atoms with E-state index in [0.29, 0.717) is 23.2 Å². The van der Waals surface area contributed by atoms with Gasteiger partial charge in [-0.2, -0.15) is 0 Å². The molecule has 8 heteroatoms. The van der Waals surface area contributed by atoms with Crippen LogP contribution in [0.4, 0.5) is 16.4 Å². The Hall–Kier alpha value is -3.45. The Morgan fingerprint density at radius 1 is 0.966 bits per heavy atom. The topological polar surface area (TPSA) is 91.3 Å². The van der Waals surface area contributed by atoms with E-state index in [2.05, 4.69) is 30.9 Å². The van der Waals surface area contributed by atoms with E-state index in [4.69, 9.17) is 11.6 Å². The molecule has 29 heavy (non-hydrogen) atoms. The van der Waals surface area contributed by atoms with Gasteiger partial charge in [-0.15, -0.1) is 0 Å². The summed E-state index contributed by atoms with van der Waals surface area (Å²) < 4.78 is 0. The quantitative estimate of drug-likeness (QED) is 0.436. The van der Waals surface area contributed by atoms with E-state index in [1.54, 1.807) is 24.3 Å². The molecular weight excluding hydrogens is 388 g/mol. The van der Waals surface area contributed by atoms with E-state index in [1.165, 1.54) is 0 Å². The van der Waals surface area contributed by atoms with Gasteiger partial charge in [0.15, 0.2) is 0 Å².